The largest absolute Gasteiger partial charge is 0.394 e. The molecule has 0 spiro atoms. The van der Waals surface area contributed by atoms with Crippen LogP contribution in [0.3, 0.4) is 0 Å². The highest BCUT2D eigenvalue weighted by molar-refractivity contribution is 5.76. The lowest BCUT2D eigenvalue weighted by Crippen LogP contribution is -2.65. The van der Waals surface area contributed by atoms with Crippen molar-refractivity contribution in [2.24, 2.45) is 0 Å². The smallest absolute Gasteiger partial charge is 0.220 e. The van der Waals surface area contributed by atoms with Crippen molar-refractivity contribution in [1.29, 1.82) is 0 Å². The average Bonchev–Trinajstić information content (AvgIpc) is 1.44. The Morgan fingerprint density at radius 1 is 0.416 bits per heavy atom. The second-order valence-electron chi connectivity index (χ2n) is 25.3. The number of carbonyl (C=O) groups excluding carboxylic acids is 1. The molecule has 1 amide bonds. The molecule has 9 N–H and O–H groups in total. The summed E-state index contributed by atoms with van der Waals surface area (Å²) in [5.74, 6) is -0.237. The molecule has 0 aliphatic carbocycles. The molecule has 516 valence electrons. The Kier molecular flexibility index (Phi) is 54.5. The standard InChI is InChI=1S/C75H133NO13/c1-3-5-7-9-11-13-15-17-19-21-23-24-25-26-27-28-29-30-31-32-33-34-35-36-37-38-39-40-41-43-45-47-49-51-53-55-57-59-67(80)76-63(64(79)58-56-54-52-50-48-46-44-42-22-20-18-16-14-12-10-8-6-4-2)62-86-74-72(85)70(83)73(66(61-78)88-74)89-75-71(84)69(82)68(81)65(60-77)87-75/h5,7,11,13,17,19,23-24,26-27,29-30,56,58,63-66,68-75,77-79,81-85H,3-4,6,8-10,12,14-16,18,20-22,25,28,31-55,57,59-62H2,1-2H3,(H,76,80)/b7-5-,13-11-,19-17-,24-23-,27-26-,30-29-,58-56+. The minimum Gasteiger partial charge on any atom is -0.394 e. The molecule has 14 nitrogen and oxygen atoms in total. The number of rotatable bonds is 59. The molecule has 12 atom stereocenters. The van der Waals surface area contributed by atoms with Gasteiger partial charge in [0, 0.05) is 6.42 Å². The summed E-state index contributed by atoms with van der Waals surface area (Å²) in [4.78, 5) is 13.3. The average molecular weight is 1260 g/mol. The summed E-state index contributed by atoms with van der Waals surface area (Å²) >= 11 is 0. The van der Waals surface area contributed by atoms with Crippen LogP contribution in [0.15, 0.2) is 85.1 Å². The van der Waals surface area contributed by atoms with E-state index in [0.717, 1.165) is 77.0 Å². The van der Waals surface area contributed by atoms with Gasteiger partial charge in [0.1, 0.15) is 48.8 Å². The number of unbranched alkanes of at least 4 members (excludes halogenated alkanes) is 34. The molecule has 2 rings (SSSR count). The van der Waals surface area contributed by atoms with Crippen molar-refractivity contribution < 1.29 is 64.6 Å². The van der Waals surface area contributed by atoms with E-state index in [9.17, 15) is 45.6 Å². The fourth-order valence-electron chi connectivity index (χ4n) is 11.6. The Morgan fingerprint density at radius 2 is 0.775 bits per heavy atom. The molecular weight excluding hydrogens is 1120 g/mol. The van der Waals surface area contributed by atoms with Crippen LogP contribution < -0.4 is 5.32 Å². The monoisotopic (exact) mass is 1260 g/mol. The first kappa shape index (κ1) is 82.3. The SMILES string of the molecule is CC/C=C\C/C=C\C/C=C\C/C=C\C/C=C\C/C=C\CCCCCCCCCCCCCCCCCCCCC(=O)NC(COC1OC(CO)C(OC2OC(CO)C(O)C(O)C2O)C(O)C1O)C(O)/C=C/CCCCCCCCCCCCCCCCCC. The molecule has 0 aromatic heterocycles. The second-order valence-corrected chi connectivity index (χ2v) is 25.3. The molecule has 2 aliphatic heterocycles. The molecular formula is C75H133NO13. The van der Waals surface area contributed by atoms with Gasteiger partial charge in [-0.2, -0.15) is 0 Å². The molecule has 0 saturated carbocycles. The van der Waals surface area contributed by atoms with Crippen molar-refractivity contribution in [3.63, 3.8) is 0 Å². The van der Waals surface area contributed by atoms with E-state index in [1.54, 1.807) is 6.08 Å². The molecule has 2 fully saturated rings. The molecule has 14 heteroatoms. The van der Waals surface area contributed by atoms with E-state index in [2.05, 4.69) is 92.1 Å². The molecule has 12 unspecified atom stereocenters. The van der Waals surface area contributed by atoms with Gasteiger partial charge in [-0.1, -0.05) is 298 Å². The van der Waals surface area contributed by atoms with Gasteiger partial charge in [-0.25, -0.2) is 0 Å². The van der Waals surface area contributed by atoms with Gasteiger partial charge in [-0.05, 0) is 70.6 Å². The molecule has 0 aromatic rings. The van der Waals surface area contributed by atoms with Crippen LogP contribution in [0.1, 0.15) is 290 Å². The first-order valence-corrected chi connectivity index (χ1v) is 36.3. The van der Waals surface area contributed by atoms with Crippen LogP contribution in [0.2, 0.25) is 0 Å². The maximum atomic E-state index is 13.3. The molecule has 0 aromatic carbocycles. The first-order valence-electron chi connectivity index (χ1n) is 36.3. The third-order valence-electron chi connectivity index (χ3n) is 17.3. The number of carbonyl (C=O) groups is 1. The lowest BCUT2D eigenvalue weighted by atomic mass is 9.97. The van der Waals surface area contributed by atoms with Crippen LogP contribution in [0, 0.1) is 0 Å². The van der Waals surface area contributed by atoms with Gasteiger partial charge in [0.15, 0.2) is 12.6 Å². The fourth-order valence-corrected chi connectivity index (χ4v) is 11.6. The van der Waals surface area contributed by atoms with Gasteiger partial charge in [0.25, 0.3) is 0 Å². The number of aliphatic hydroxyl groups is 8. The number of allylic oxidation sites excluding steroid dienone is 13. The van der Waals surface area contributed by atoms with E-state index in [0.29, 0.717) is 6.42 Å². The molecule has 0 radical (unpaired) electrons. The number of hydrogen-bond acceptors (Lipinski definition) is 13. The maximum absolute atomic E-state index is 13.3. The van der Waals surface area contributed by atoms with Gasteiger partial charge in [-0.3, -0.25) is 4.79 Å². The molecule has 2 saturated heterocycles. The first-order chi connectivity index (χ1) is 43.6. The number of nitrogens with one attached hydrogen (secondary N) is 1. The third kappa shape index (κ3) is 42.9. The minimum atomic E-state index is -1.79. The summed E-state index contributed by atoms with van der Waals surface area (Å²) in [5.41, 5.74) is 0. The summed E-state index contributed by atoms with van der Waals surface area (Å²) in [7, 11) is 0. The van der Waals surface area contributed by atoms with Gasteiger partial charge in [0.05, 0.1) is 32.0 Å². The predicted octanol–water partition coefficient (Wildman–Crippen LogP) is 15.2. The highest BCUT2D eigenvalue weighted by Crippen LogP contribution is 2.30. The molecule has 2 aliphatic rings. The number of amides is 1. The van der Waals surface area contributed by atoms with Gasteiger partial charge in [0.2, 0.25) is 5.91 Å². The zero-order chi connectivity index (χ0) is 64.5. The molecule has 2 heterocycles. The van der Waals surface area contributed by atoms with Crippen molar-refractivity contribution in [1.82, 2.24) is 5.32 Å². The van der Waals surface area contributed by atoms with Crippen LogP contribution in [-0.4, -0.2) is 140 Å². The second kappa shape index (κ2) is 59.0. The normalized spacial score (nSPS) is 23.5. The molecule has 0 bridgehead atoms. The van der Waals surface area contributed by atoms with E-state index in [1.165, 1.54) is 186 Å². The van der Waals surface area contributed by atoms with Crippen molar-refractivity contribution in [3.05, 3.63) is 85.1 Å². The minimum absolute atomic E-state index is 0.237. The Labute approximate surface area is 541 Å². The highest BCUT2D eigenvalue weighted by Gasteiger charge is 2.51. The number of hydrogen-bond donors (Lipinski definition) is 9. The van der Waals surface area contributed by atoms with E-state index < -0.39 is 86.8 Å². The Bertz CT molecular complexity index is 1820. The van der Waals surface area contributed by atoms with Gasteiger partial charge >= 0.3 is 0 Å². The van der Waals surface area contributed by atoms with Gasteiger partial charge < -0.3 is 65.1 Å². The van der Waals surface area contributed by atoms with Crippen molar-refractivity contribution >= 4 is 5.91 Å². The van der Waals surface area contributed by atoms with Crippen LogP contribution in [0.4, 0.5) is 0 Å². The van der Waals surface area contributed by atoms with E-state index >= 15 is 0 Å². The third-order valence-corrected chi connectivity index (χ3v) is 17.3. The van der Waals surface area contributed by atoms with E-state index in [1.807, 2.05) is 6.08 Å². The Hall–Kier alpha value is -2.83. The number of aliphatic hydroxyl groups excluding tert-OH is 8. The summed E-state index contributed by atoms with van der Waals surface area (Å²) in [5, 5.41) is 87.4. The van der Waals surface area contributed by atoms with E-state index in [-0.39, 0.29) is 18.9 Å². The Morgan fingerprint density at radius 3 is 1.19 bits per heavy atom. The van der Waals surface area contributed by atoms with Crippen molar-refractivity contribution in [2.75, 3.05) is 19.8 Å². The van der Waals surface area contributed by atoms with E-state index in [4.69, 9.17) is 18.9 Å². The van der Waals surface area contributed by atoms with Crippen LogP contribution >= 0.6 is 0 Å². The highest BCUT2D eigenvalue weighted by atomic mass is 16.7. The van der Waals surface area contributed by atoms with Gasteiger partial charge in [-0.15, -0.1) is 0 Å². The van der Waals surface area contributed by atoms with Crippen LogP contribution in [0.25, 0.3) is 0 Å². The predicted molar refractivity (Wildman–Crippen MR) is 364 cm³/mol. The summed E-state index contributed by atoms with van der Waals surface area (Å²) in [6.45, 7) is 2.71. The zero-order valence-corrected chi connectivity index (χ0v) is 56.2. The fraction of sp³-hybridized carbons (Fsp3) is 0.800. The van der Waals surface area contributed by atoms with Crippen LogP contribution in [0.5, 0.6) is 0 Å². The van der Waals surface area contributed by atoms with Crippen molar-refractivity contribution in [3.8, 4) is 0 Å². The quantitative estimate of drug-likeness (QED) is 0.0204. The maximum Gasteiger partial charge on any atom is 0.220 e. The topological polar surface area (TPSA) is 228 Å². The summed E-state index contributed by atoms with van der Waals surface area (Å²) in [6, 6.07) is -0.917. The van der Waals surface area contributed by atoms with Crippen molar-refractivity contribution in [2.45, 2.75) is 364 Å². The number of ether oxygens (including phenoxy) is 4. The summed E-state index contributed by atoms with van der Waals surface area (Å²) in [6.07, 6.45) is 65.0. The lowest BCUT2D eigenvalue weighted by molar-refractivity contribution is -0.359. The zero-order valence-electron chi connectivity index (χ0n) is 56.2. The lowest BCUT2D eigenvalue weighted by Gasteiger charge is -2.46. The summed E-state index contributed by atoms with van der Waals surface area (Å²) < 4.78 is 22.9. The molecule has 89 heavy (non-hydrogen) atoms. The Balaban J connectivity index is 1.61. The van der Waals surface area contributed by atoms with Crippen LogP contribution in [-0.2, 0) is 23.7 Å².